The first kappa shape index (κ1) is 24.9. The van der Waals surface area contributed by atoms with Gasteiger partial charge in [-0.1, -0.05) is 86.8 Å². The Morgan fingerprint density at radius 2 is 1.38 bits per heavy atom. The average Bonchev–Trinajstić information content (AvgIpc) is 3.14. The summed E-state index contributed by atoms with van der Waals surface area (Å²) < 4.78 is 13.9. The van der Waals surface area contributed by atoms with Gasteiger partial charge in [-0.05, 0) is 95.6 Å². The van der Waals surface area contributed by atoms with E-state index in [2.05, 4.69) is 131 Å². The quantitative estimate of drug-likeness (QED) is 0.189. The monoisotopic (exact) mass is 616 g/mol. The molecule has 0 amide bonds. The molecule has 0 N–H and O–H groups in total. The van der Waals surface area contributed by atoms with Crippen LogP contribution in [0.4, 0.5) is 0 Å². The summed E-state index contributed by atoms with van der Waals surface area (Å²) in [6, 6.07) is 29.0. The summed E-state index contributed by atoms with van der Waals surface area (Å²) in [6.45, 7) is 8.89. The van der Waals surface area contributed by atoms with E-state index >= 15 is 0 Å². The van der Waals surface area contributed by atoms with E-state index in [4.69, 9.17) is 9.47 Å². The molecule has 4 heteroatoms. The zero-order chi connectivity index (χ0) is 25.8. The molecule has 6 rings (SSSR count). The van der Waals surface area contributed by atoms with Gasteiger partial charge in [0.15, 0.2) is 0 Å². The maximum absolute atomic E-state index is 6.29. The zero-order valence-corrected chi connectivity index (χ0v) is 24.6. The molecule has 1 aliphatic carbocycles. The first-order valence-electron chi connectivity index (χ1n) is 12.9. The number of rotatable bonds is 6. The van der Waals surface area contributed by atoms with Crippen molar-refractivity contribution >= 4 is 31.9 Å². The summed E-state index contributed by atoms with van der Waals surface area (Å²) in [7, 11) is 0. The van der Waals surface area contributed by atoms with Crippen LogP contribution in [0.2, 0.25) is 0 Å². The van der Waals surface area contributed by atoms with Crippen LogP contribution in [0.1, 0.15) is 46.7 Å². The van der Waals surface area contributed by atoms with Gasteiger partial charge in [0.2, 0.25) is 0 Å². The maximum atomic E-state index is 6.29. The van der Waals surface area contributed by atoms with Crippen LogP contribution in [-0.2, 0) is 10.2 Å². The van der Waals surface area contributed by atoms with E-state index in [-0.39, 0.29) is 5.41 Å². The fourth-order valence-electron chi connectivity index (χ4n) is 5.98. The van der Waals surface area contributed by atoms with Crippen LogP contribution in [0.3, 0.4) is 0 Å². The molecule has 4 aromatic carbocycles. The molecule has 0 radical (unpaired) electrons. The lowest BCUT2D eigenvalue weighted by Crippen LogP contribution is -2.46. The summed E-state index contributed by atoms with van der Waals surface area (Å²) in [5.41, 5.74) is 9.95. The highest BCUT2D eigenvalue weighted by molar-refractivity contribution is 9.10. The molecule has 0 unspecified atom stereocenters. The largest absolute Gasteiger partial charge is 0.493 e. The Labute approximate surface area is 236 Å². The third-order valence-electron chi connectivity index (χ3n) is 8.26. The van der Waals surface area contributed by atoms with Crippen LogP contribution >= 0.6 is 31.9 Å². The minimum atomic E-state index is -0.445. The minimum absolute atomic E-state index is 0.153. The normalized spacial score (nSPS) is 16.6. The lowest BCUT2D eigenvalue weighted by atomic mass is 9.66. The molecule has 0 saturated carbocycles. The smallest absolute Gasteiger partial charge is 0.119 e. The van der Waals surface area contributed by atoms with Crippen LogP contribution in [-0.4, -0.2) is 19.8 Å². The lowest BCUT2D eigenvalue weighted by molar-refractivity contribution is -0.133. The Morgan fingerprint density at radius 3 is 1.92 bits per heavy atom. The van der Waals surface area contributed by atoms with Crippen molar-refractivity contribution in [2.24, 2.45) is 5.41 Å². The van der Waals surface area contributed by atoms with E-state index in [9.17, 15) is 0 Å². The summed E-state index contributed by atoms with van der Waals surface area (Å²) >= 11 is 7.57. The molecule has 0 aromatic heterocycles. The van der Waals surface area contributed by atoms with E-state index in [1.165, 1.54) is 44.5 Å². The fourth-order valence-corrected chi connectivity index (χ4v) is 6.70. The summed E-state index contributed by atoms with van der Waals surface area (Å²) in [5.74, 6) is 0.904. The van der Waals surface area contributed by atoms with Gasteiger partial charge in [-0.2, -0.15) is 0 Å². The van der Waals surface area contributed by atoms with Crippen LogP contribution in [0, 0.1) is 19.3 Å². The molecule has 2 nitrogen and oxygen atoms in total. The van der Waals surface area contributed by atoms with E-state index in [0.717, 1.165) is 34.3 Å². The van der Waals surface area contributed by atoms with Crippen LogP contribution in [0.5, 0.6) is 5.75 Å². The number of hydrogen-bond acceptors (Lipinski definition) is 2. The SMILES string of the molecule is CCC1(COc2ccc(C3(c4cc(C)ccc4C)c4cc(Br)ccc4-c4ccc(Br)cc43)cc2)COC1. The molecule has 1 saturated heterocycles. The van der Waals surface area contributed by atoms with Crippen molar-refractivity contribution in [1.29, 1.82) is 0 Å². The van der Waals surface area contributed by atoms with E-state index in [0.29, 0.717) is 6.61 Å². The van der Waals surface area contributed by atoms with Gasteiger partial charge in [0.1, 0.15) is 5.75 Å². The number of halogens is 2. The third kappa shape index (κ3) is 4.00. The predicted molar refractivity (Wildman–Crippen MR) is 158 cm³/mol. The molecule has 37 heavy (non-hydrogen) atoms. The molecule has 4 aromatic rings. The molecule has 0 bridgehead atoms. The number of hydrogen-bond donors (Lipinski definition) is 0. The zero-order valence-electron chi connectivity index (χ0n) is 21.4. The van der Waals surface area contributed by atoms with Gasteiger partial charge in [-0.3, -0.25) is 0 Å². The maximum Gasteiger partial charge on any atom is 0.119 e. The van der Waals surface area contributed by atoms with E-state index < -0.39 is 5.41 Å². The molecule has 1 aliphatic heterocycles. The molecule has 0 spiro atoms. The number of ether oxygens (including phenoxy) is 2. The van der Waals surface area contributed by atoms with Crippen molar-refractivity contribution in [3.05, 3.63) is 121 Å². The first-order valence-corrected chi connectivity index (χ1v) is 14.4. The average molecular weight is 618 g/mol. The highest BCUT2D eigenvalue weighted by Gasteiger charge is 2.47. The predicted octanol–water partition coefficient (Wildman–Crippen LogP) is 9.00. The Balaban J connectivity index is 1.56. The van der Waals surface area contributed by atoms with Crippen LogP contribution in [0.15, 0.2) is 87.8 Å². The second-order valence-corrected chi connectivity index (χ2v) is 12.4. The van der Waals surface area contributed by atoms with Crippen molar-refractivity contribution in [3.63, 3.8) is 0 Å². The molecule has 188 valence electrons. The Kier molecular flexibility index (Phi) is 6.34. The van der Waals surface area contributed by atoms with Crippen molar-refractivity contribution in [2.75, 3.05) is 19.8 Å². The third-order valence-corrected chi connectivity index (χ3v) is 9.24. The molecular formula is C33H30Br2O2. The van der Waals surface area contributed by atoms with Gasteiger partial charge >= 0.3 is 0 Å². The fraction of sp³-hybridized carbons (Fsp3) is 0.273. The highest BCUT2D eigenvalue weighted by atomic mass is 79.9. The number of benzene rings is 4. The van der Waals surface area contributed by atoms with E-state index in [1.54, 1.807) is 0 Å². The van der Waals surface area contributed by atoms with Gasteiger partial charge in [-0.25, -0.2) is 0 Å². The van der Waals surface area contributed by atoms with Crippen molar-refractivity contribution in [2.45, 2.75) is 32.6 Å². The molecular weight excluding hydrogens is 588 g/mol. The first-order chi connectivity index (χ1) is 17.9. The summed E-state index contributed by atoms with van der Waals surface area (Å²) in [4.78, 5) is 0. The standard InChI is InChI=1S/C33H30Br2O2/c1-4-32(18-36-19-32)20-37-26-11-7-23(8-12-26)33(29-15-21(2)5-6-22(29)3)30-16-24(34)9-13-27(30)28-14-10-25(35)17-31(28)33/h5-17H,4,18-20H2,1-3H3. The lowest BCUT2D eigenvalue weighted by Gasteiger charge is -2.40. The topological polar surface area (TPSA) is 18.5 Å². The van der Waals surface area contributed by atoms with Crippen LogP contribution < -0.4 is 4.74 Å². The van der Waals surface area contributed by atoms with Gasteiger partial charge in [-0.15, -0.1) is 0 Å². The van der Waals surface area contributed by atoms with Crippen LogP contribution in [0.25, 0.3) is 11.1 Å². The highest BCUT2D eigenvalue weighted by Crippen LogP contribution is 2.57. The minimum Gasteiger partial charge on any atom is -0.493 e. The molecule has 1 fully saturated rings. The Bertz CT molecular complexity index is 1430. The second-order valence-electron chi connectivity index (χ2n) is 10.6. The molecule has 0 atom stereocenters. The summed E-state index contributed by atoms with van der Waals surface area (Å²) in [5, 5.41) is 0. The Hall–Kier alpha value is -2.40. The van der Waals surface area contributed by atoms with Gasteiger partial charge < -0.3 is 9.47 Å². The van der Waals surface area contributed by atoms with Crippen molar-refractivity contribution in [1.82, 2.24) is 0 Å². The van der Waals surface area contributed by atoms with Gasteiger partial charge in [0.05, 0.1) is 30.7 Å². The van der Waals surface area contributed by atoms with E-state index in [1.807, 2.05) is 0 Å². The summed E-state index contributed by atoms with van der Waals surface area (Å²) in [6.07, 6.45) is 1.07. The van der Waals surface area contributed by atoms with Gasteiger partial charge in [0, 0.05) is 8.95 Å². The van der Waals surface area contributed by atoms with Crippen molar-refractivity contribution in [3.8, 4) is 16.9 Å². The van der Waals surface area contributed by atoms with Gasteiger partial charge in [0.25, 0.3) is 0 Å². The van der Waals surface area contributed by atoms with Crippen molar-refractivity contribution < 1.29 is 9.47 Å². The second kappa shape index (κ2) is 9.41. The number of aryl methyl sites for hydroxylation is 2. The molecule has 2 aliphatic rings. The molecule has 1 heterocycles. The Morgan fingerprint density at radius 1 is 0.757 bits per heavy atom. The number of fused-ring (bicyclic) bond motifs is 3.